The maximum absolute atomic E-state index is 14.2. The molecule has 0 spiro atoms. The zero-order valence-electron chi connectivity index (χ0n) is 17.6. The normalized spacial score (nSPS) is 14.4. The van der Waals surface area contributed by atoms with Crippen LogP contribution in [0.4, 0.5) is 18.0 Å². The molecular weight excluding hydrogens is 435 g/mol. The lowest BCUT2D eigenvalue weighted by Gasteiger charge is -2.36. The Bertz CT molecular complexity index is 747. The van der Waals surface area contributed by atoms with E-state index in [1.165, 1.54) is 25.6 Å². The lowest BCUT2D eigenvalue weighted by molar-refractivity contribution is -0.202. The minimum Gasteiger partial charge on any atom is -0.445 e. The van der Waals surface area contributed by atoms with Gasteiger partial charge in [-0.3, -0.25) is 14.9 Å². The van der Waals surface area contributed by atoms with E-state index in [1.54, 1.807) is 41.9 Å². The predicted octanol–water partition coefficient (Wildman–Crippen LogP) is 2.98. The molecule has 0 aliphatic carbocycles. The van der Waals surface area contributed by atoms with Crippen molar-refractivity contribution >= 4 is 29.7 Å². The average molecular weight is 464 g/mol. The first-order valence-electron chi connectivity index (χ1n) is 9.57. The van der Waals surface area contributed by atoms with Gasteiger partial charge in [0.1, 0.15) is 12.6 Å². The van der Waals surface area contributed by atoms with Crippen molar-refractivity contribution in [3.05, 3.63) is 35.9 Å². The Labute approximate surface area is 183 Å². The van der Waals surface area contributed by atoms with Gasteiger partial charge in [0.05, 0.1) is 0 Å². The Morgan fingerprint density at radius 3 is 2.26 bits per heavy atom. The van der Waals surface area contributed by atoms with Gasteiger partial charge in [0.15, 0.2) is 0 Å². The molecule has 7 nitrogen and oxygen atoms in total. The SMILES string of the molecule is CSCC[C@H](NC(=O)C(CC(C)C)(NC(=O)OCc1ccccc1)C(F)(F)F)C(N)=O. The van der Waals surface area contributed by atoms with E-state index in [0.717, 1.165) is 0 Å². The molecule has 0 saturated heterocycles. The molecule has 0 fully saturated rings. The number of thioether (sulfide) groups is 1. The number of ether oxygens (including phenoxy) is 1. The number of primary amides is 1. The molecule has 11 heteroatoms. The first kappa shape index (κ1) is 26.6. The Balaban J connectivity index is 3.13. The summed E-state index contributed by atoms with van der Waals surface area (Å²) in [6.45, 7) is 2.68. The van der Waals surface area contributed by atoms with Crippen molar-refractivity contribution < 1.29 is 32.3 Å². The highest BCUT2D eigenvalue weighted by Gasteiger charge is 2.62. The number of alkyl carbamates (subject to hydrolysis) is 1. The third-order valence-electron chi connectivity index (χ3n) is 4.37. The lowest BCUT2D eigenvalue weighted by atomic mass is 9.86. The predicted molar refractivity (Wildman–Crippen MR) is 112 cm³/mol. The fraction of sp³-hybridized carbons (Fsp3) is 0.550. The van der Waals surface area contributed by atoms with Crippen molar-refractivity contribution in [2.75, 3.05) is 12.0 Å². The summed E-state index contributed by atoms with van der Waals surface area (Å²) >= 11 is 1.34. The molecule has 0 heterocycles. The van der Waals surface area contributed by atoms with Crippen LogP contribution in [0.1, 0.15) is 32.3 Å². The summed E-state index contributed by atoms with van der Waals surface area (Å²) in [4.78, 5) is 36.7. The second-order valence-electron chi connectivity index (χ2n) is 7.40. The molecule has 0 radical (unpaired) electrons. The molecule has 0 bridgehead atoms. The van der Waals surface area contributed by atoms with Gasteiger partial charge in [0.25, 0.3) is 5.91 Å². The monoisotopic (exact) mass is 463 g/mol. The van der Waals surface area contributed by atoms with E-state index >= 15 is 0 Å². The van der Waals surface area contributed by atoms with Gasteiger partial charge in [-0.05, 0) is 36.3 Å². The van der Waals surface area contributed by atoms with E-state index in [2.05, 4.69) is 5.32 Å². The van der Waals surface area contributed by atoms with Crippen molar-refractivity contribution in [1.29, 1.82) is 0 Å². The van der Waals surface area contributed by atoms with Crippen molar-refractivity contribution in [1.82, 2.24) is 10.6 Å². The van der Waals surface area contributed by atoms with Gasteiger partial charge in [0, 0.05) is 0 Å². The first-order chi connectivity index (χ1) is 14.4. The van der Waals surface area contributed by atoms with Crippen LogP contribution in [0.25, 0.3) is 0 Å². The van der Waals surface area contributed by atoms with Gasteiger partial charge in [-0.25, -0.2) is 4.79 Å². The second-order valence-corrected chi connectivity index (χ2v) is 8.38. The third kappa shape index (κ3) is 7.97. The largest absolute Gasteiger partial charge is 0.445 e. The maximum atomic E-state index is 14.2. The highest BCUT2D eigenvalue weighted by Crippen LogP contribution is 2.36. The summed E-state index contributed by atoms with van der Waals surface area (Å²) in [6.07, 6.45) is -5.53. The molecule has 2 atom stereocenters. The Kier molecular flexibility index (Phi) is 10.1. The number of rotatable bonds is 11. The Hall–Kier alpha value is -2.43. The minimum atomic E-state index is -5.16. The van der Waals surface area contributed by atoms with Gasteiger partial charge < -0.3 is 15.8 Å². The number of alkyl halides is 3. The van der Waals surface area contributed by atoms with E-state index < -0.39 is 48.0 Å². The van der Waals surface area contributed by atoms with Gasteiger partial charge >= 0.3 is 12.3 Å². The molecule has 1 aromatic carbocycles. The molecule has 0 aliphatic rings. The van der Waals surface area contributed by atoms with Crippen LogP contribution in [-0.2, 0) is 20.9 Å². The number of carbonyl (C=O) groups excluding carboxylic acids is 3. The molecule has 0 aliphatic heterocycles. The number of nitrogens with two attached hydrogens (primary N) is 1. The van der Waals surface area contributed by atoms with Crippen LogP contribution in [0.3, 0.4) is 0 Å². The molecule has 0 aromatic heterocycles. The van der Waals surface area contributed by atoms with Gasteiger partial charge in [-0.1, -0.05) is 44.2 Å². The topological polar surface area (TPSA) is 111 Å². The number of nitrogens with one attached hydrogen (secondary N) is 2. The number of hydrogen-bond donors (Lipinski definition) is 3. The molecule has 31 heavy (non-hydrogen) atoms. The number of hydrogen-bond acceptors (Lipinski definition) is 5. The molecule has 1 unspecified atom stereocenters. The van der Waals surface area contributed by atoms with E-state index in [-0.39, 0.29) is 13.0 Å². The molecule has 1 rings (SSSR count). The number of carbonyl (C=O) groups is 3. The summed E-state index contributed by atoms with van der Waals surface area (Å²) in [5, 5.41) is 3.78. The minimum absolute atomic E-state index is 0.0519. The Morgan fingerprint density at radius 2 is 1.77 bits per heavy atom. The summed E-state index contributed by atoms with van der Waals surface area (Å²) < 4.78 is 47.4. The summed E-state index contributed by atoms with van der Waals surface area (Å²) in [6, 6.07) is 7.05. The van der Waals surface area contributed by atoms with Crippen molar-refractivity contribution in [3.63, 3.8) is 0 Å². The van der Waals surface area contributed by atoms with Crippen LogP contribution in [0.5, 0.6) is 0 Å². The zero-order chi connectivity index (χ0) is 23.7. The molecular formula is C20H28F3N3O4S. The fourth-order valence-corrected chi connectivity index (χ4v) is 3.34. The lowest BCUT2D eigenvalue weighted by Crippen LogP contribution is -2.69. The van der Waals surface area contributed by atoms with E-state index in [0.29, 0.717) is 11.3 Å². The second kappa shape index (κ2) is 11.8. The molecule has 0 saturated carbocycles. The van der Waals surface area contributed by atoms with Crippen molar-refractivity contribution in [3.8, 4) is 0 Å². The maximum Gasteiger partial charge on any atom is 0.420 e. The standard InChI is InChI=1S/C20H28F3N3O4S/c1-13(2)11-19(20(21,22)23,17(28)25-15(16(24)27)9-10-31-3)26-18(29)30-12-14-7-5-4-6-8-14/h4-8,13,15H,9-12H2,1-3H3,(H2,24,27)(H,25,28)(H,26,29)/t15-,19?/m0/s1. The van der Waals surface area contributed by atoms with E-state index in [4.69, 9.17) is 10.5 Å². The van der Waals surface area contributed by atoms with Crippen LogP contribution in [0.15, 0.2) is 30.3 Å². The fourth-order valence-electron chi connectivity index (χ4n) is 2.86. The highest BCUT2D eigenvalue weighted by molar-refractivity contribution is 7.98. The Morgan fingerprint density at radius 1 is 1.16 bits per heavy atom. The highest BCUT2D eigenvalue weighted by atomic mass is 32.2. The summed E-state index contributed by atoms with van der Waals surface area (Å²) in [5.41, 5.74) is 2.51. The van der Waals surface area contributed by atoms with Gasteiger partial charge in [-0.15, -0.1) is 0 Å². The van der Waals surface area contributed by atoms with Crippen molar-refractivity contribution in [2.45, 2.75) is 51.1 Å². The number of halogens is 3. The van der Waals surface area contributed by atoms with Crippen LogP contribution >= 0.6 is 11.8 Å². The van der Waals surface area contributed by atoms with Gasteiger partial charge in [0.2, 0.25) is 11.4 Å². The quantitative estimate of drug-likeness (QED) is 0.467. The smallest absolute Gasteiger partial charge is 0.420 e. The van der Waals surface area contributed by atoms with Crippen LogP contribution in [0, 0.1) is 5.92 Å². The summed E-state index contributed by atoms with van der Waals surface area (Å²) in [7, 11) is 0. The number of amides is 3. The van der Waals surface area contributed by atoms with E-state index in [9.17, 15) is 27.6 Å². The van der Waals surface area contributed by atoms with Crippen LogP contribution in [-0.4, -0.2) is 47.7 Å². The van der Waals surface area contributed by atoms with Gasteiger partial charge in [-0.2, -0.15) is 24.9 Å². The average Bonchev–Trinajstić information content (AvgIpc) is 2.68. The molecule has 174 valence electrons. The van der Waals surface area contributed by atoms with Crippen molar-refractivity contribution in [2.24, 2.45) is 11.7 Å². The molecule has 1 aromatic rings. The summed E-state index contributed by atoms with van der Waals surface area (Å²) in [5.74, 6) is -2.76. The molecule has 3 amide bonds. The number of benzene rings is 1. The molecule has 4 N–H and O–H groups in total. The first-order valence-corrected chi connectivity index (χ1v) is 11.0. The van der Waals surface area contributed by atoms with E-state index in [1.807, 2.05) is 0 Å². The third-order valence-corrected chi connectivity index (χ3v) is 5.02. The van der Waals surface area contributed by atoms with Crippen LogP contribution < -0.4 is 16.4 Å². The zero-order valence-corrected chi connectivity index (χ0v) is 18.4. The van der Waals surface area contributed by atoms with Crippen LogP contribution in [0.2, 0.25) is 0 Å².